The number of carbonyl (C=O) groups is 1. The molecule has 0 saturated carbocycles. The summed E-state index contributed by atoms with van der Waals surface area (Å²) in [7, 11) is 0. The molecule has 1 aliphatic carbocycles. The Balaban J connectivity index is 1.33. The number of rotatable bonds is 7. The third kappa shape index (κ3) is 6.22. The Morgan fingerprint density at radius 1 is 1.18 bits per heavy atom. The zero-order valence-corrected chi connectivity index (χ0v) is 24.6. The van der Waals surface area contributed by atoms with Crippen LogP contribution >= 0.6 is 34.7 Å². The van der Waals surface area contributed by atoms with Gasteiger partial charge in [0.25, 0.3) is 0 Å². The van der Waals surface area contributed by atoms with Crippen molar-refractivity contribution in [1.82, 2.24) is 14.8 Å². The summed E-state index contributed by atoms with van der Waals surface area (Å²) in [6.45, 7) is 6.82. The van der Waals surface area contributed by atoms with Crippen LogP contribution < -0.4 is 5.32 Å². The van der Waals surface area contributed by atoms with Crippen LogP contribution in [0.1, 0.15) is 54.6 Å². The van der Waals surface area contributed by atoms with Gasteiger partial charge in [0.05, 0.1) is 11.3 Å². The van der Waals surface area contributed by atoms with Crippen LogP contribution in [0.4, 0.5) is 5.00 Å². The predicted molar refractivity (Wildman–Crippen MR) is 159 cm³/mol. The molecule has 1 N–H and O–H groups in total. The number of carbonyl (C=O) groups excluding carboxylic acids is 1. The number of fused-ring (bicyclic) bond motifs is 1. The van der Waals surface area contributed by atoms with Gasteiger partial charge in [-0.15, -0.1) is 21.5 Å². The molecule has 200 valence electrons. The summed E-state index contributed by atoms with van der Waals surface area (Å²) in [4.78, 5) is 14.3. The second-order valence-electron chi connectivity index (χ2n) is 10.8. The van der Waals surface area contributed by atoms with Gasteiger partial charge in [0, 0.05) is 22.0 Å². The van der Waals surface area contributed by atoms with Gasteiger partial charge in [-0.1, -0.05) is 74.5 Å². The third-order valence-electron chi connectivity index (χ3n) is 7.18. The highest BCUT2D eigenvalue weighted by Gasteiger charge is 2.32. The lowest BCUT2D eigenvalue weighted by molar-refractivity contribution is -0.113. The van der Waals surface area contributed by atoms with Crippen molar-refractivity contribution in [3.05, 3.63) is 87.0 Å². The second-order valence-corrected chi connectivity index (χ2v) is 13.3. The lowest BCUT2D eigenvalue weighted by Crippen LogP contribution is -2.26. The maximum atomic E-state index is 13.1. The van der Waals surface area contributed by atoms with Crippen LogP contribution in [0.3, 0.4) is 0 Å². The van der Waals surface area contributed by atoms with Gasteiger partial charge in [-0.05, 0) is 66.0 Å². The number of nitrogens with one attached hydrogen (secondary N) is 1. The maximum absolute atomic E-state index is 13.1. The average Bonchev–Trinajstić information content (AvgIpc) is 3.47. The molecule has 2 aromatic heterocycles. The first-order valence-electron chi connectivity index (χ1n) is 12.9. The molecular formula is C30H30ClN5OS2. The molecule has 2 heterocycles. The van der Waals surface area contributed by atoms with E-state index in [2.05, 4.69) is 54.5 Å². The van der Waals surface area contributed by atoms with Crippen molar-refractivity contribution in [2.24, 2.45) is 11.3 Å². The van der Waals surface area contributed by atoms with Crippen LogP contribution in [-0.2, 0) is 24.1 Å². The third-order valence-corrected chi connectivity index (χ3v) is 9.53. The molecule has 0 saturated heterocycles. The minimum atomic E-state index is -0.169. The van der Waals surface area contributed by atoms with Crippen LogP contribution in [0.5, 0.6) is 0 Å². The van der Waals surface area contributed by atoms with Gasteiger partial charge in [0.2, 0.25) is 5.91 Å². The molecule has 0 aliphatic heterocycles. The fraction of sp³-hybridized carbons (Fsp3) is 0.333. The largest absolute Gasteiger partial charge is 0.316 e. The number of halogens is 1. The second kappa shape index (κ2) is 11.5. The normalized spacial score (nSPS) is 15.0. The van der Waals surface area contributed by atoms with E-state index in [4.69, 9.17) is 11.6 Å². The lowest BCUT2D eigenvalue weighted by Gasteiger charge is -2.33. The molecule has 0 fully saturated rings. The van der Waals surface area contributed by atoms with Crippen LogP contribution in [0.25, 0.3) is 5.69 Å². The first-order chi connectivity index (χ1) is 18.7. The van der Waals surface area contributed by atoms with Gasteiger partial charge < -0.3 is 5.32 Å². The van der Waals surface area contributed by atoms with Crippen molar-refractivity contribution in [3.8, 4) is 11.8 Å². The van der Waals surface area contributed by atoms with Gasteiger partial charge in [-0.2, -0.15) is 5.26 Å². The van der Waals surface area contributed by atoms with Gasteiger partial charge in [0.1, 0.15) is 16.9 Å². The Hall–Kier alpha value is -3.12. The summed E-state index contributed by atoms with van der Waals surface area (Å²) in [5.41, 5.74) is 3.95. The molecule has 9 heteroatoms. The molecular weight excluding hydrogens is 546 g/mol. The quantitative estimate of drug-likeness (QED) is 0.233. The topological polar surface area (TPSA) is 83.6 Å². The zero-order valence-electron chi connectivity index (χ0n) is 22.2. The Morgan fingerprint density at radius 3 is 2.62 bits per heavy atom. The number of nitrogens with zero attached hydrogens (tertiary/aromatic N) is 4. The minimum absolute atomic E-state index is 0.148. The van der Waals surface area contributed by atoms with E-state index in [0.29, 0.717) is 33.1 Å². The lowest BCUT2D eigenvalue weighted by atomic mass is 9.72. The average molecular weight is 576 g/mol. The molecule has 1 amide bonds. The molecule has 6 nitrogen and oxygen atoms in total. The Bertz CT molecular complexity index is 1510. The van der Waals surface area contributed by atoms with E-state index < -0.39 is 0 Å². The van der Waals surface area contributed by atoms with E-state index >= 15 is 0 Å². The highest BCUT2D eigenvalue weighted by Crippen LogP contribution is 2.44. The fourth-order valence-electron chi connectivity index (χ4n) is 4.96. The van der Waals surface area contributed by atoms with Gasteiger partial charge in [-0.3, -0.25) is 9.36 Å². The monoisotopic (exact) mass is 575 g/mol. The number of hydrogen-bond donors (Lipinski definition) is 1. The van der Waals surface area contributed by atoms with E-state index in [0.717, 1.165) is 41.9 Å². The van der Waals surface area contributed by atoms with E-state index in [1.165, 1.54) is 16.6 Å². The number of nitriles is 1. The Kier molecular flexibility index (Phi) is 8.13. The number of thiophene rings is 1. The van der Waals surface area contributed by atoms with Crippen molar-refractivity contribution in [1.29, 1.82) is 5.26 Å². The van der Waals surface area contributed by atoms with Crippen LogP contribution in [0.2, 0.25) is 5.02 Å². The smallest absolute Gasteiger partial charge is 0.235 e. The fourth-order valence-corrected chi connectivity index (χ4v) is 7.15. The van der Waals surface area contributed by atoms with Crippen molar-refractivity contribution in [2.75, 3.05) is 11.1 Å². The number of thioether (sulfide) groups is 1. The van der Waals surface area contributed by atoms with Crippen molar-refractivity contribution < 1.29 is 4.79 Å². The van der Waals surface area contributed by atoms with Crippen LogP contribution in [-0.4, -0.2) is 26.4 Å². The highest BCUT2D eigenvalue weighted by atomic mass is 35.5. The molecule has 0 bridgehead atoms. The summed E-state index contributed by atoms with van der Waals surface area (Å²) in [5, 5.41) is 23.7. The maximum Gasteiger partial charge on any atom is 0.235 e. The molecule has 1 aliphatic rings. The van der Waals surface area contributed by atoms with Crippen molar-refractivity contribution in [2.45, 2.75) is 51.6 Å². The van der Waals surface area contributed by atoms with Crippen LogP contribution in [0, 0.1) is 22.7 Å². The number of amides is 1. The van der Waals surface area contributed by atoms with Gasteiger partial charge in [-0.25, -0.2) is 0 Å². The minimum Gasteiger partial charge on any atom is -0.316 e. The molecule has 0 radical (unpaired) electrons. The number of aromatic nitrogens is 3. The summed E-state index contributed by atoms with van der Waals surface area (Å²) >= 11 is 9.01. The highest BCUT2D eigenvalue weighted by molar-refractivity contribution is 7.99. The Labute approximate surface area is 242 Å². The molecule has 4 aromatic rings. The van der Waals surface area contributed by atoms with Crippen molar-refractivity contribution in [3.63, 3.8) is 0 Å². The number of benzene rings is 2. The molecule has 0 unspecified atom stereocenters. The van der Waals surface area contributed by atoms with E-state index in [1.807, 2.05) is 47.0 Å². The molecule has 5 rings (SSSR count). The standard InChI is InChI=1S/C30H30ClN5OS2/c1-30(2,3)20-9-14-23-24(17-32)28(39-25(23)16-20)33-27(37)18-38-29-35-34-26(15-19-7-5-4-6-8-19)36(29)22-12-10-21(31)11-13-22/h4-8,10-13,20H,9,14-16,18H2,1-3H3,(H,33,37)/t20-/m1/s1. The van der Waals surface area contributed by atoms with Crippen LogP contribution in [0.15, 0.2) is 59.8 Å². The predicted octanol–water partition coefficient (Wildman–Crippen LogP) is 7.33. The summed E-state index contributed by atoms with van der Waals surface area (Å²) < 4.78 is 1.97. The van der Waals surface area contributed by atoms with Gasteiger partial charge in [0.15, 0.2) is 5.16 Å². The summed E-state index contributed by atoms with van der Waals surface area (Å²) in [6, 6.07) is 19.9. The molecule has 2 aromatic carbocycles. The molecule has 0 spiro atoms. The SMILES string of the molecule is CC(C)(C)[C@@H]1CCc2c(sc(NC(=O)CSc3nnc(Cc4ccccc4)n3-c3ccc(Cl)cc3)c2C#N)C1. The Morgan fingerprint density at radius 2 is 1.92 bits per heavy atom. The number of hydrogen-bond acceptors (Lipinski definition) is 6. The van der Waals surface area contributed by atoms with E-state index in [-0.39, 0.29) is 17.1 Å². The first kappa shape index (κ1) is 27.4. The molecule has 39 heavy (non-hydrogen) atoms. The first-order valence-corrected chi connectivity index (χ1v) is 15.1. The zero-order chi connectivity index (χ0) is 27.6. The van der Waals surface area contributed by atoms with E-state index in [9.17, 15) is 10.1 Å². The van der Waals surface area contributed by atoms with Gasteiger partial charge >= 0.3 is 0 Å². The number of anilines is 1. The van der Waals surface area contributed by atoms with Crippen molar-refractivity contribution >= 4 is 45.6 Å². The summed E-state index contributed by atoms with van der Waals surface area (Å²) in [6.07, 6.45) is 3.51. The van der Waals surface area contributed by atoms with E-state index in [1.54, 1.807) is 11.3 Å². The summed E-state index contributed by atoms with van der Waals surface area (Å²) in [5.74, 6) is 1.32. The molecule has 1 atom stereocenters.